The molecule has 2 amide bonds. The molecule has 5 rings (SSSR count). The Bertz CT molecular complexity index is 1760. The third-order valence-corrected chi connectivity index (χ3v) is 8.38. The number of carbonyl (C=O) groups is 2. The van der Waals surface area contributed by atoms with Crippen molar-refractivity contribution < 1.29 is 24.2 Å². The lowest BCUT2D eigenvalue weighted by Crippen LogP contribution is -2.35. The summed E-state index contributed by atoms with van der Waals surface area (Å²) in [5.41, 5.74) is 4.21. The summed E-state index contributed by atoms with van der Waals surface area (Å²) in [5, 5.41) is 21.8. The second-order valence-electron chi connectivity index (χ2n) is 10.7. The van der Waals surface area contributed by atoms with E-state index in [1.165, 1.54) is 7.11 Å². The summed E-state index contributed by atoms with van der Waals surface area (Å²) >= 11 is 13.7. The van der Waals surface area contributed by atoms with Gasteiger partial charge in [-0.1, -0.05) is 41.4 Å². The van der Waals surface area contributed by atoms with Gasteiger partial charge in [0.05, 0.1) is 47.9 Å². The van der Waals surface area contributed by atoms with E-state index in [4.69, 9.17) is 42.8 Å². The highest BCUT2D eigenvalue weighted by atomic mass is 35.5. The summed E-state index contributed by atoms with van der Waals surface area (Å²) in [4.78, 5) is 38.1. The lowest BCUT2D eigenvalue weighted by atomic mass is 10.1. The molecule has 4 aromatic rings. The quantitative estimate of drug-likeness (QED) is 0.122. The van der Waals surface area contributed by atoms with Crippen molar-refractivity contribution in [3.63, 3.8) is 0 Å². The van der Waals surface area contributed by atoms with E-state index >= 15 is 0 Å². The Hall–Kier alpha value is -4.33. The first-order valence-corrected chi connectivity index (χ1v) is 15.7. The Balaban J connectivity index is 1.34. The Morgan fingerprint density at radius 3 is 2.60 bits per heavy atom. The van der Waals surface area contributed by atoms with Gasteiger partial charge < -0.3 is 35.8 Å². The lowest BCUT2D eigenvalue weighted by molar-refractivity contribution is -0.119. The van der Waals surface area contributed by atoms with Crippen LogP contribution in [0, 0.1) is 0 Å². The fourth-order valence-corrected chi connectivity index (χ4v) is 5.76. The topological polar surface area (TPSA) is 160 Å². The van der Waals surface area contributed by atoms with Gasteiger partial charge in [0.15, 0.2) is 0 Å². The van der Waals surface area contributed by atoms with E-state index in [1.54, 1.807) is 49.8 Å². The first kappa shape index (κ1) is 34.0. The number of nitrogens with zero attached hydrogens (tertiary/aromatic N) is 3. The van der Waals surface area contributed by atoms with Crippen LogP contribution in [0.3, 0.4) is 0 Å². The van der Waals surface area contributed by atoms with Crippen LogP contribution in [0.25, 0.3) is 22.5 Å². The molecule has 0 aliphatic carbocycles. The van der Waals surface area contributed by atoms with Crippen LogP contribution in [-0.4, -0.2) is 71.8 Å². The van der Waals surface area contributed by atoms with Gasteiger partial charge in [-0.15, -0.1) is 0 Å². The molecular weight excluding hydrogens is 645 g/mol. The van der Waals surface area contributed by atoms with Gasteiger partial charge in [0.25, 0.3) is 5.91 Å². The van der Waals surface area contributed by atoms with E-state index in [1.807, 2.05) is 12.1 Å². The molecule has 14 heteroatoms. The molecule has 3 aromatic heterocycles. The number of carbonyl (C=O) groups excluding carboxylic acids is 2. The fraction of sp³-hybridized carbons (Fsp3) is 0.303. The van der Waals surface area contributed by atoms with Crippen LogP contribution < -0.4 is 30.7 Å². The number of aliphatic hydroxyl groups is 1. The minimum Gasteiger partial charge on any atom is -0.496 e. The molecule has 0 spiro atoms. The van der Waals surface area contributed by atoms with Gasteiger partial charge in [0, 0.05) is 79.4 Å². The zero-order valence-electron chi connectivity index (χ0n) is 25.9. The molecule has 0 unspecified atom stereocenters. The first-order chi connectivity index (χ1) is 22.8. The number of nitrogens with one attached hydrogen (secondary N) is 4. The van der Waals surface area contributed by atoms with Crippen LogP contribution in [0.2, 0.25) is 10.0 Å². The number of halogens is 2. The minimum atomic E-state index is -0.483. The molecular formula is C33H35Cl2N7O5. The molecule has 1 aliphatic heterocycles. The van der Waals surface area contributed by atoms with E-state index in [-0.39, 0.29) is 29.3 Å². The molecule has 0 bridgehead atoms. The molecule has 1 atom stereocenters. The number of ether oxygens (including phenoxy) is 2. The SMILES string of the molecule is COc1cc(C(=O)Nc2cccc(-c3nccc(-c4ccc(CNC[C@@H]5CCC(=O)N5)c(OC)n4)c3Cl)c2Cl)ncc1CNCCO. The standard InChI is InChI=1S/C33H35Cl2N7O5/c1-46-27-14-26(39-17-20(27)16-36-12-13-43)32(45)41-25-5-3-4-23(29(25)34)31-30(35)22(10-11-38-31)24-8-6-19(33(42-24)47-2)15-37-18-21-7-9-28(44)40-21/h3-6,8,10-11,14,17,21,36-37,43H,7,9,12-13,15-16,18H2,1-2H3,(H,40,44)(H,41,45)/t21-/m0/s1. The van der Waals surface area contributed by atoms with Gasteiger partial charge in [-0.2, -0.15) is 0 Å². The van der Waals surface area contributed by atoms with Crippen LogP contribution in [-0.2, 0) is 17.9 Å². The average Bonchev–Trinajstić information content (AvgIpc) is 3.50. The van der Waals surface area contributed by atoms with Crippen molar-refractivity contribution in [2.24, 2.45) is 0 Å². The van der Waals surface area contributed by atoms with Crippen LogP contribution in [0.5, 0.6) is 11.6 Å². The van der Waals surface area contributed by atoms with E-state index in [2.05, 4.69) is 31.2 Å². The van der Waals surface area contributed by atoms with Crippen LogP contribution in [0.15, 0.2) is 54.9 Å². The molecule has 1 saturated heterocycles. The summed E-state index contributed by atoms with van der Waals surface area (Å²) in [7, 11) is 3.07. The van der Waals surface area contributed by atoms with Crippen molar-refractivity contribution in [2.75, 3.05) is 39.2 Å². The zero-order valence-corrected chi connectivity index (χ0v) is 27.4. The smallest absolute Gasteiger partial charge is 0.274 e. The number of anilines is 1. The molecule has 5 N–H and O–H groups in total. The maximum absolute atomic E-state index is 13.2. The second kappa shape index (κ2) is 16.0. The summed E-state index contributed by atoms with van der Waals surface area (Å²) in [5.74, 6) is 0.527. The fourth-order valence-electron chi connectivity index (χ4n) is 5.18. The maximum Gasteiger partial charge on any atom is 0.274 e. The number of pyridine rings is 3. The third-order valence-electron chi connectivity index (χ3n) is 7.59. The van der Waals surface area contributed by atoms with Crippen LogP contribution >= 0.6 is 23.2 Å². The summed E-state index contributed by atoms with van der Waals surface area (Å²) in [6, 6.07) is 12.4. The van der Waals surface area contributed by atoms with E-state index < -0.39 is 5.91 Å². The first-order valence-electron chi connectivity index (χ1n) is 15.0. The van der Waals surface area contributed by atoms with Gasteiger partial charge in [-0.3, -0.25) is 19.6 Å². The van der Waals surface area contributed by atoms with Gasteiger partial charge in [-0.05, 0) is 24.6 Å². The summed E-state index contributed by atoms with van der Waals surface area (Å²) < 4.78 is 11.0. The van der Waals surface area contributed by atoms with Crippen LogP contribution in [0.1, 0.15) is 34.5 Å². The van der Waals surface area contributed by atoms with E-state index in [0.29, 0.717) is 77.5 Å². The third kappa shape index (κ3) is 8.16. The number of benzene rings is 1. The largest absolute Gasteiger partial charge is 0.496 e. The predicted molar refractivity (Wildman–Crippen MR) is 180 cm³/mol. The highest BCUT2D eigenvalue weighted by Gasteiger charge is 2.21. The molecule has 0 radical (unpaired) electrons. The van der Waals surface area contributed by atoms with Crippen molar-refractivity contribution in [1.82, 2.24) is 30.9 Å². The monoisotopic (exact) mass is 679 g/mol. The number of methoxy groups -OCH3 is 2. The number of aliphatic hydroxyl groups excluding tert-OH is 1. The maximum atomic E-state index is 13.2. The highest BCUT2D eigenvalue weighted by molar-refractivity contribution is 6.39. The Morgan fingerprint density at radius 2 is 1.85 bits per heavy atom. The summed E-state index contributed by atoms with van der Waals surface area (Å²) in [6.45, 7) is 2.01. The lowest BCUT2D eigenvalue weighted by Gasteiger charge is -2.15. The predicted octanol–water partition coefficient (Wildman–Crippen LogP) is 4.23. The molecule has 246 valence electrons. The van der Waals surface area contributed by atoms with Crippen molar-refractivity contribution in [1.29, 1.82) is 0 Å². The Labute approximate surface area is 282 Å². The van der Waals surface area contributed by atoms with Gasteiger partial charge >= 0.3 is 0 Å². The molecule has 12 nitrogen and oxygen atoms in total. The Morgan fingerprint density at radius 1 is 1.02 bits per heavy atom. The van der Waals surface area contributed by atoms with Crippen molar-refractivity contribution >= 4 is 40.7 Å². The number of hydrogen-bond acceptors (Lipinski definition) is 10. The zero-order chi connectivity index (χ0) is 33.3. The highest BCUT2D eigenvalue weighted by Crippen LogP contribution is 2.40. The second-order valence-corrected chi connectivity index (χ2v) is 11.5. The molecule has 1 fully saturated rings. The van der Waals surface area contributed by atoms with Crippen molar-refractivity contribution in [3.05, 3.63) is 81.7 Å². The number of amides is 2. The summed E-state index contributed by atoms with van der Waals surface area (Å²) in [6.07, 6.45) is 4.53. The number of aromatic nitrogens is 3. The molecule has 0 saturated carbocycles. The van der Waals surface area contributed by atoms with Crippen molar-refractivity contribution in [2.45, 2.75) is 32.0 Å². The van der Waals surface area contributed by atoms with Crippen LogP contribution in [0.4, 0.5) is 5.69 Å². The average molecular weight is 681 g/mol. The number of rotatable bonds is 14. The molecule has 1 aromatic carbocycles. The molecule has 47 heavy (non-hydrogen) atoms. The Kier molecular flexibility index (Phi) is 11.6. The van der Waals surface area contributed by atoms with Crippen molar-refractivity contribution in [3.8, 4) is 34.1 Å². The number of hydrogen-bond donors (Lipinski definition) is 5. The van der Waals surface area contributed by atoms with E-state index in [0.717, 1.165) is 17.5 Å². The molecule has 4 heterocycles. The van der Waals surface area contributed by atoms with E-state index in [9.17, 15) is 9.59 Å². The van der Waals surface area contributed by atoms with Gasteiger partial charge in [0.2, 0.25) is 11.8 Å². The normalized spacial score (nSPS) is 14.1. The minimum absolute atomic E-state index is 0.00254. The van der Waals surface area contributed by atoms with Gasteiger partial charge in [-0.25, -0.2) is 4.98 Å². The van der Waals surface area contributed by atoms with Gasteiger partial charge in [0.1, 0.15) is 11.4 Å². The molecule has 1 aliphatic rings.